The number of carboxylic acid groups (broad SMARTS) is 1. The van der Waals surface area contributed by atoms with Crippen LogP contribution in [-0.4, -0.2) is 15.6 Å². The molecule has 1 heterocycles. The van der Waals surface area contributed by atoms with Gasteiger partial charge < -0.3 is 9.67 Å². The smallest absolute Gasteiger partial charge is 0.313 e. The number of fused-ring (bicyclic) bond motifs is 1. The van der Waals surface area contributed by atoms with Crippen LogP contribution in [0.4, 0.5) is 0 Å². The van der Waals surface area contributed by atoms with E-state index in [1.54, 1.807) is 13.8 Å². The number of benzene rings is 1. The first-order chi connectivity index (χ1) is 8.25. The summed E-state index contributed by atoms with van der Waals surface area (Å²) in [4.78, 5) is 11.4. The fourth-order valence-corrected chi connectivity index (χ4v) is 2.57. The van der Waals surface area contributed by atoms with Gasteiger partial charge in [0, 0.05) is 18.6 Å². The van der Waals surface area contributed by atoms with Crippen molar-refractivity contribution in [3.63, 3.8) is 0 Å². The van der Waals surface area contributed by atoms with E-state index in [-0.39, 0.29) is 0 Å². The molecule has 2 aromatic rings. The van der Waals surface area contributed by atoms with Crippen molar-refractivity contribution in [2.24, 2.45) is 7.05 Å². The highest BCUT2D eigenvalue weighted by Crippen LogP contribution is 2.34. The fraction of sp³-hybridized carbons (Fsp3) is 0.400. The third kappa shape index (κ3) is 1.70. The van der Waals surface area contributed by atoms with Crippen LogP contribution in [0.1, 0.15) is 30.5 Å². The Labute approximate surface area is 107 Å². The van der Waals surface area contributed by atoms with Crippen molar-refractivity contribution in [2.45, 2.75) is 33.1 Å². The molecule has 0 aliphatic heterocycles. The van der Waals surface area contributed by atoms with Gasteiger partial charge in [0.05, 0.1) is 10.9 Å². The lowest BCUT2D eigenvalue weighted by Gasteiger charge is -2.18. The Balaban J connectivity index is 2.86. The Morgan fingerprint density at radius 1 is 1.28 bits per heavy atom. The van der Waals surface area contributed by atoms with Gasteiger partial charge in [-0.3, -0.25) is 4.79 Å². The maximum absolute atomic E-state index is 11.4. The van der Waals surface area contributed by atoms with Crippen LogP contribution >= 0.6 is 0 Å². The average molecular weight is 245 g/mol. The van der Waals surface area contributed by atoms with Gasteiger partial charge in [0.2, 0.25) is 0 Å². The molecule has 18 heavy (non-hydrogen) atoms. The average Bonchev–Trinajstić information content (AvgIpc) is 2.55. The minimum Gasteiger partial charge on any atom is -0.481 e. The van der Waals surface area contributed by atoms with Crippen molar-refractivity contribution >= 4 is 16.9 Å². The van der Waals surface area contributed by atoms with Gasteiger partial charge in [-0.1, -0.05) is 11.6 Å². The summed E-state index contributed by atoms with van der Waals surface area (Å²) in [5.74, 6) is -0.797. The van der Waals surface area contributed by atoms with Crippen LogP contribution in [0.3, 0.4) is 0 Å². The van der Waals surface area contributed by atoms with E-state index in [0.29, 0.717) is 0 Å². The van der Waals surface area contributed by atoms with Gasteiger partial charge >= 0.3 is 5.97 Å². The molecule has 0 aliphatic rings. The van der Waals surface area contributed by atoms with Crippen LogP contribution < -0.4 is 0 Å². The zero-order chi connectivity index (χ0) is 13.7. The molecular weight excluding hydrogens is 226 g/mol. The van der Waals surface area contributed by atoms with Gasteiger partial charge in [0.25, 0.3) is 0 Å². The molecule has 0 fully saturated rings. The molecule has 96 valence electrons. The summed E-state index contributed by atoms with van der Waals surface area (Å²) in [6, 6.07) is 4.20. The molecule has 1 aromatic carbocycles. The van der Waals surface area contributed by atoms with Gasteiger partial charge in [-0.05, 0) is 44.9 Å². The quantitative estimate of drug-likeness (QED) is 0.883. The van der Waals surface area contributed by atoms with Crippen molar-refractivity contribution in [3.05, 3.63) is 35.0 Å². The largest absolute Gasteiger partial charge is 0.481 e. The fourth-order valence-electron chi connectivity index (χ4n) is 2.57. The molecule has 0 saturated heterocycles. The summed E-state index contributed by atoms with van der Waals surface area (Å²) in [6.45, 7) is 7.60. The van der Waals surface area contributed by atoms with Gasteiger partial charge in [0.1, 0.15) is 0 Å². The topological polar surface area (TPSA) is 42.2 Å². The minimum absolute atomic E-state index is 0.797. The molecule has 0 amide bonds. The van der Waals surface area contributed by atoms with E-state index in [4.69, 9.17) is 0 Å². The zero-order valence-corrected chi connectivity index (χ0v) is 11.5. The van der Waals surface area contributed by atoms with Gasteiger partial charge in [-0.25, -0.2) is 0 Å². The molecule has 0 aliphatic carbocycles. The predicted octanol–water partition coefficient (Wildman–Crippen LogP) is 3.16. The van der Waals surface area contributed by atoms with E-state index < -0.39 is 11.4 Å². The Bertz CT molecular complexity index is 635. The van der Waals surface area contributed by atoms with Crippen LogP contribution in [0.25, 0.3) is 10.9 Å². The number of carbonyl (C=O) groups is 1. The molecule has 0 atom stereocenters. The number of aromatic nitrogens is 1. The second-order valence-corrected chi connectivity index (χ2v) is 5.56. The van der Waals surface area contributed by atoms with Crippen LogP contribution in [0.15, 0.2) is 18.3 Å². The second kappa shape index (κ2) is 3.87. The van der Waals surface area contributed by atoms with Crippen LogP contribution in [0, 0.1) is 13.8 Å². The molecule has 1 aromatic heterocycles. The molecule has 3 heteroatoms. The summed E-state index contributed by atoms with van der Waals surface area (Å²) in [5.41, 5.74) is 3.46. The molecule has 0 spiro atoms. The van der Waals surface area contributed by atoms with Crippen LogP contribution in [-0.2, 0) is 17.3 Å². The van der Waals surface area contributed by atoms with E-state index >= 15 is 0 Å². The molecule has 0 radical (unpaired) electrons. The first-order valence-corrected chi connectivity index (χ1v) is 6.05. The highest BCUT2D eigenvalue weighted by atomic mass is 16.4. The number of nitrogens with zero attached hydrogens (tertiary/aromatic N) is 1. The molecule has 3 nitrogen and oxygen atoms in total. The Kier molecular flexibility index (Phi) is 2.73. The summed E-state index contributed by atoms with van der Waals surface area (Å²) < 4.78 is 2.02. The number of hydrogen-bond acceptors (Lipinski definition) is 1. The highest BCUT2D eigenvalue weighted by Gasteiger charge is 2.32. The molecule has 0 bridgehead atoms. The molecule has 0 unspecified atom stereocenters. The Morgan fingerprint density at radius 2 is 1.89 bits per heavy atom. The number of aryl methyl sites for hydroxylation is 3. The van der Waals surface area contributed by atoms with Gasteiger partial charge in [-0.15, -0.1) is 0 Å². The van der Waals surface area contributed by atoms with Crippen molar-refractivity contribution in [1.29, 1.82) is 0 Å². The predicted molar refractivity (Wildman–Crippen MR) is 73.1 cm³/mol. The SMILES string of the molecule is Cc1cc(C)c2c(c1)c(C(C)(C)C(=O)O)cn2C. The van der Waals surface area contributed by atoms with E-state index in [2.05, 4.69) is 19.1 Å². The maximum Gasteiger partial charge on any atom is 0.313 e. The maximum atomic E-state index is 11.4. The van der Waals surface area contributed by atoms with E-state index in [0.717, 1.165) is 22.0 Å². The number of carboxylic acids is 1. The van der Waals surface area contributed by atoms with Crippen molar-refractivity contribution in [2.75, 3.05) is 0 Å². The molecule has 1 N–H and O–H groups in total. The minimum atomic E-state index is -0.875. The summed E-state index contributed by atoms with van der Waals surface area (Å²) in [5, 5.41) is 10.4. The zero-order valence-electron chi connectivity index (χ0n) is 11.5. The second-order valence-electron chi connectivity index (χ2n) is 5.56. The molecular formula is C15H19NO2. The monoisotopic (exact) mass is 245 g/mol. The van der Waals surface area contributed by atoms with Gasteiger partial charge in [0.15, 0.2) is 0 Å². The highest BCUT2D eigenvalue weighted by molar-refractivity contribution is 5.93. The standard InChI is InChI=1S/C15H19NO2/c1-9-6-10(2)13-11(7-9)12(8-16(13)5)15(3,4)14(17)18/h6-8H,1-5H3,(H,17,18). The third-order valence-electron chi connectivity index (χ3n) is 3.62. The van der Waals surface area contributed by atoms with Crippen molar-refractivity contribution in [3.8, 4) is 0 Å². The molecule has 0 saturated carbocycles. The van der Waals surface area contributed by atoms with Gasteiger partial charge in [-0.2, -0.15) is 0 Å². The molecule has 2 rings (SSSR count). The van der Waals surface area contributed by atoms with E-state index in [1.165, 1.54) is 5.56 Å². The third-order valence-corrected chi connectivity index (χ3v) is 3.62. The van der Waals surface area contributed by atoms with E-state index in [9.17, 15) is 9.90 Å². The lowest BCUT2D eigenvalue weighted by Crippen LogP contribution is -2.28. The van der Waals surface area contributed by atoms with E-state index in [1.807, 2.05) is 24.7 Å². The normalized spacial score (nSPS) is 12.1. The lowest BCUT2D eigenvalue weighted by molar-refractivity contribution is -0.142. The summed E-state index contributed by atoms with van der Waals surface area (Å²) >= 11 is 0. The number of hydrogen-bond donors (Lipinski definition) is 1. The lowest BCUT2D eigenvalue weighted by atomic mass is 9.84. The Hall–Kier alpha value is -1.77. The van der Waals surface area contributed by atoms with Crippen LogP contribution in [0.2, 0.25) is 0 Å². The number of aliphatic carboxylic acids is 1. The number of rotatable bonds is 2. The van der Waals surface area contributed by atoms with Crippen molar-refractivity contribution < 1.29 is 9.90 Å². The first kappa shape index (κ1) is 12.7. The summed E-state index contributed by atoms with van der Waals surface area (Å²) in [7, 11) is 1.96. The summed E-state index contributed by atoms with van der Waals surface area (Å²) in [6.07, 6.45) is 1.94. The van der Waals surface area contributed by atoms with Crippen molar-refractivity contribution in [1.82, 2.24) is 4.57 Å². The first-order valence-electron chi connectivity index (χ1n) is 6.05. The van der Waals surface area contributed by atoms with Crippen LogP contribution in [0.5, 0.6) is 0 Å². The Morgan fingerprint density at radius 3 is 2.44 bits per heavy atom.